The number of carbonyl (C=O) groups is 2. The number of benzene rings is 1. The van der Waals surface area contributed by atoms with Crippen LogP contribution < -0.4 is 5.32 Å². The smallest absolute Gasteiger partial charge is 0.322 e. The molecular formula is C19H25N3O2. The van der Waals surface area contributed by atoms with Gasteiger partial charge in [-0.1, -0.05) is 18.2 Å². The van der Waals surface area contributed by atoms with Gasteiger partial charge in [-0.3, -0.25) is 14.6 Å². The minimum atomic E-state index is -0.710. The first kappa shape index (κ1) is 15.6. The zero-order valence-electron chi connectivity index (χ0n) is 14.5. The number of amides is 3. The van der Waals surface area contributed by atoms with E-state index in [-0.39, 0.29) is 18.0 Å². The van der Waals surface area contributed by atoms with Crippen LogP contribution in [0.2, 0.25) is 0 Å². The van der Waals surface area contributed by atoms with Crippen molar-refractivity contribution in [3.63, 3.8) is 0 Å². The van der Waals surface area contributed by atoms with Gasteiger partial charge in [-0.15, -0.1) is 0 Å². The SMILES string of the molecule is CC(C)N1C(=O)N[C@@]2(CCN(Cc3ccc4c(c3)CCC4)C2)C1=O. The Morgan fingerprint density at radius 2 is 2.00 bits per heavy atom. The normalized spacial score (nSPS) is 26.7. The van der Waals surface area contributed by atoms with E-state index in [0.717, 1.165) is 13.1 Å². The van der Waals surface area contributed by atoms with Gasteiger partial charge in [0.2, 0.25) is 0 Å². The molecular weight excluding hydrogens is 302 g/mol. The molecule has 1 aromatic rings. The van der Waals surface area contributed by atoms with Crippen molar-refractivity contribution in [2.45, 2.75) is 57.7 Å². The Balaban J connectivity index is 1.47. The van der Waals surface area contributed by atoms with Gasteiger partial charge in [0.15, 0.2) is 0 Å². The van der Waals surface area contributed by atoms with Gasteiger partial charge in [0, 0.05) is 25.7 Å². The molecule has 0 radical (unpaired) electrons. The summed E-state index contributed by atoms with van der Waals surface area (Å²) in [5.41, 5.74) is 3.57. The average molecular weight is 327 g/mol. The van der Waals surface area contributed by atoms with Gasteiger partial charge in [-0.25, -0.2) is 4.79 Å². The summed E-state index contributed by atoms with van der Waals surface area (Å²) in [6.45, 7) is 6.06. The Bertz CT molecular complexity index is 700. The van der Waals surface area contributed by atoms with E-state index in [2.05, 4.69) is 28.4 Å². The highest BCUT2D eigenvalue weighted by atomic mass is 16.2. The van der Waals surface area contributed by atoms with Gasteiger partial charge >= 0.3 is 6.03 Å². The maximum atomic E-state index is 12.7. The molecule has 2 aliphatic heterocycles. The molecule has 1 N–H and O–H groups in total. The van der Waals surface area contributed by atoms with Gasteiger partial charge in [-0.05, 0) is 56.2 Å². The Morgan fingerprint density at radius 3 is 2.75 bits per heavy atom. The number of likely N-dealkylation sites (tertiary alicyclic amines) is 1. The lowest BCUT2D eigenvalue weighted by molar-refractivity contribution is -0.132. The third-order valence-corrected chi connectivity index (χ3v) is 5.63. The number of imide groups is 1. The number of hydrogen-bond acceptors (Lipinski definition) is 3. The highest BCUT2D eigenvalue weighted by molar-refractivity contribution is 6.07. The van der Waals surface area contributed by atoms with Crippen LogP contribution in [0.15, 0.2) is 18.2 Å². The predicted octanol–water partition coefficient (Wildman–Crippen LogP) is 2.08. The van der Waals surface area contributed by atoms with E-state index < -0.39 is 5.54 Å². The lowest BCUT2D eigenvalue weighted by Crippen LogP contribution is -2.49. The second kappa shape index (κ2) is 5.59. The highest BCUT2D eigenvalue weighted by Gasteiger charge is 2.55. The molecule has 5 heteroatoms. The Morgan fingerprint density at radius 1 is 1.21 bits per heavy atom. The zero-order chi connectivity index (χ0) is 16.9. The molecule has 0 saturated carbocycles. The number of nitrogens with one attached hydrogen (secondary N) is 1. The standard InChI is InChI=1S/C19H25N3O2/c1-13(2)22-17(23)19(20-18(22)24)8-9-21(12-19)11-14-6-7-15-4-3-5-16(15)10-14/h6-7,10,13H,3-5,8-9,11-12H2,1-2H3,(H,20,24)/t19-/m1/s1. The van der Waals surface area contributed by atoms with Crippen molar-refractivity contribution >= 4 is 11.9 Å². The Kier molecular flexibility index (Phi) is 3.64. The van der Waals surface area contributed by atoms with Gasteiger partial charge in [0.25, 0.3) is 5.91 Å². The van der Waals surface area contributed by atoms with E-state index in [4.69, 9.17) is 0 Å². The number of aryl methyl sites for hydroxylation is 2. The molecule has 4 rings (SSSR count). The third kappa shape index (κ3) is 2.42. The molecule has 1 spiro atoms. The van der Waals surface area contributed by atoms with E-state index in [1.54, 1.807) is 0 Å². The van der Waals surface area contributed by atoms with Crippen molar-refractivity contribution in [1.82, 2.24) is 15.1 Å². The second-order valence-corrected chi connectivity index (χ2v) is 7.70. The Hall–Kier alpha value is -1.88. The minimum absolute atomic E-state index is 0.0565. The summed E-state index contributed by atoms with van der Waals surface area (Å²) in [5.74, 6) is -0.0565. The number of rotatable bonds is 3. The number of urea groups is 1. The van der Waals surface area contributed by atoms with Crippen molar-refractivity contribution in [3.05, 3.63) is 34.9 Å². The van der Waals surface area contributed by atoms with Crippen LogP contribution in [0.25, 0.3) is 0 Å². The molecule has 0 unspecified atom stereocenters. The molecule has 24 heavy (non-hydrogen) atoms. The molecule has 128 valence electrons. The first-order valence-electron chi connectivity index (χ1n) is 8.97. The second-order valence-electron chi connectivity index (χ2n) is 7.70. The molecule has 2 heterocycles. The van der Waals surface area contributed by atoms with Crippen LogP contribution in [-0.4, -0.2) is 46.4 Å². The van der Waals surface area contributed by atoms with Gasteiger partial charge in [0.05, 0.1) is 0 Å². The van der Waals surface area contributed by atoms with E-state index >= 15 is 0 Å². The largest absolute Gasteiger partial charge is 0.325 e. The number of fused-ring (bicyclic) bond motifs is 1. The Labute approximate surface area is 143 Å². The van der Waals surface area contributed by atoms with Crippen LogP contribution in [-0.2, 0) is 24.2 Å². The molecule has 0 bridgehead atoms. The number of nitrogens with zero attached hydrogens (tertiary/aromatic N) is 2. The molecule has 5 nitrogen and oxygen atoms in total. The van der Waals surface area contributed by atoms with Crippen molar-refractivity contribution in [1.29, 1.82) is 0 Å². The summed E-state index contributed by atoms with van der Waals surface area (Å²) >= 11 is 0. The summed E-state index contributed by atoms with van der Waals surface area (Å²) in [6.07, 6.45) is 4.35. The average Bonchev–Trinajstić information content (AvgIpc) is 3.19. The first-order valence-corrected chi connectivity index (χ1v) is 8.97. The maximum Gasteiger partial charge on any atom is 0.325 e. The van der Waals surface area contributed by atoms with E-state index in [1.165, 1.54) is 40.9 Å². The van der Waals surface area contributed by atoms with Crippen LogP contribution >= 0.6 is 0 Å². The molecule has 0 aromatic heterocycles. The summed E-state index contributed by atoms with van der Waals surface area (Å²) in [4.78, 5) is 28.6. The fourth-order valence-corrected chi connectivity index (χ4v) is 4.39. The van der Waals surface area contributed by atoms with Crippen LogP contribution in [0.1, 0.15) is 43.4 Å². The summed E-state index contributed by atoms with van der Waals surface area (Å²) < 4.78 is 0. The topological polar surface area (TPSA) is 52.7 Å². The predicted molar refractivity (Wildman–Crippen MR) is 91.6 cm³/mol. The van der Waals surface area contributed by atoms with E-state index in [9.17, 15) is 9.59 Å². The summed E-state index contributed by atoms with van der Waals surface area (Å²) in [7, 11) is 0. The van der Waals surface area contributed by atoms with Crippen molar-refractivity contribution < 1.29 is 9.59 Å². The van der Waals surface area contributed by atoms with E-state index in [0.29, 0.717) is 13.0 Å². The highest BCUT2D eigenvalue weighted by Crippen LogP contribution is 2.31. The first-order chi connectivity index (χ1) is 11.5. The molecule has 1 atom stereocenters. The fourth-order valence-electron chi connectivity index (χ4n) is 4.39. The van der Waals surface area contributed by atoms with Crippen LogP contribution in [0, 0.1) is 0 Å². The van der Waals surface area contributed by atoms with E-state index in [1.807, 2.05) is 13.8 Å². The van der Waals surface area contributed by atoms with Gasteiger partial charge in [-0.2, -0.15) is 0 Å². The number of carbonyl (C=O) groups excluding carboxylic acids is 2. The molecule has 3 amide bonds. The maximum absolute atomic E-state index is 12.7. The minimum Gasteiger partial charge on any atom is -0.322 e. The zero-order valence-corrected chi connectivity index (χ0v) is 14.5. The molecule has 1 aliphatic carbocycles. The monoisotopic (exact) mass is 327 g/mol. The number of hydrogen-bond donors (Lipinski definition) is 1. The van der Waals surface area contributed by atoms with Crippen molar-refractivity contribution in [2.24, 2.45) is 0 Å². The molecule has 1 aromatic carbocycles. The molecule has 2 fully saturated rings. The van der Waals surface area contributed by atoms with Crippen LogP contribution in [0.5, 0.6) is 0 Å². The summed E-state index contributed by atoms with van der Waals surface area (Å²) in [5, 5.41) is 2.96. The lowest BCUT2D eigenvalue weighted by atomic mass is 9.98. The fraction of sp³-hybridized carbons (Fsp3) is 0.579. The lowest BCUT2D eigenvalue weighted by Gasteiger charge is -2.23. The molecule has 3 aliphatic rings. The quantitative estimate of drug-likeness (QED) is 0.865. The molecule has 2 saturated heterocycles. The van der Waals surface area contributed by atoms with Gasteiger partial charge < -0.3 is 5.32 Å². The van der Waals surface area contributed by atoms with Crippen LogP contribution in [0.3, 0.4) is 0 Å². The summed E-state index contributed by atoms with van der Waals surface area (Å²) in [6, 6.07) is 6.46. The van der Waals surface area contributed by atoms with Gasteiger partial charge in [0.1, 0.15) is 5.54 Å². The van der Waals surface area contributed by atoms with Crippen molar-refractivity contribution in [2.75, 3.05) is 13.1 Å². The van der Waals surface area contributed by atoms with Crippen LogP contribution in [0.4, 0.5) is 4.79 Å². The van der Waals surface area contributed by atoms with Crippen molar-refractivity contribution in [3.8, 4) is 0 Å². The third-order valence-electron chi connectivity index (χ3n) is 5.63.